The molecule has 0 aliphatic carbocycles. The van der Waals surface area contributed by atoms with Crippen molar-refractivity contribution in [3.63, 3.8) is 0 Å². The number of hydrogen-bond donors (Lipinski definition) is 0. The van der Waals surface area contributed by atoms with E-state index in [2.05, 4.69) is 33.9 Å². The highest BCUT2D eigenvalue weighted by atomic mass is 79.9. The maximum Gasteiger partial charge on any atom is 0.0797 e. The minimum atomic E-state index is 0.960. The number of rotatable bonds is 3. The molecular formula is C8H10BrNS. The van der Waals surface area contributed by atoms with E-state index < -0.39 is 0 Å². The molecule has 1 aromatic heterocycles. The molecule has 0 saturated carbocycles. The number of aromatic nitrogens is 1. The summed E-state index contributed by atoms with van der Waals surface area (Å²) in [6, 6.07) is 0. The first kappa shape index (κ1) is 8.94. The molecule has 0 unspecified atom stereocenters. The van der Waals surface area contributed by atoms with E-state index in [0.29, 0.717) is 0 Å². The van der Waals surface area contributed by atoms with Crippen molar-refractivity contribution in [3.05, 3.63) is 22.2 Å². The second kappa shape index (κ2) is 4.67. The van der Waals surface area contributed by atoms with Crippen molar-refractivity contribution in [2.45, 2.75) is 13.3 Å². The molecular weight excluding hydrogens is 222 g/mol. The van der Waals surface area contributed by atoms with Crippen LogP contribution in [0.25, 0.3) is 6.08 Å². The van der Waals surface area contributed by atoms with Crippen molar-refractivity contribution in [3.8, 4) is 0 Å². The fourth-order valence-corrected chi connectivity index (χ4v) is 1.89. The molecule has 0 radical (unpaired) electrons. The lowest BCUT2D eigenvalue weighted by Gasteiger charge is -1.95. The first-order valence-corrected chi connectivity index (χ1v) is 5.50. The van der Waals surface area contributed by atoms with Gasteiger partial charge < -0.3 is 0 Å². The van der Waals surface area contributed by atoms with E-state index >= 15 is 0 Å². The molecule has 1 rings (SSSR count). The van der Waals surface area contributed by atoms with Crippen molar-refractivity contribution >= 4 is 33.3 Å². The maximum atomic E-state index is 4.00. The zero-order chi connectivity index (χ0) is 8.10. The van der Waals surface area contributed by atoms with Gasteiger partial charge in [0.05, 0.1) is 5.51 Å². The van der Waals surface area contributed by atoms with Crippen LogP contribution in [0.1, 0.15) is 18.2 Å². The predicted molar refractivity (Wildman–Crippen MR) is 54.2 cm³/mol. The summed E-state index contributed by atoms with van der Waals surface area (Å²) in [6.07, 6.45) is 5.18. The number of allylic oxidation sites excluding steroid dienone is 1. The monoisotopic (exact) mass is 231 g/mol. The largest absolute Gasteiger partial charge is 0.253 e. The van der Waals surface area contributed by atoms with E-state index in [1.165, 1.54) is 10.5 Å². The highest BCUT2D eigenvalue weighted by Crippen LogP contribution is 2.14. The van der Waals surface area contributed by atoms with Crippen molar-refractivity contribution in [1.29, 1.82) is 0 Å². The van der Waals surface area contributed by atoms with Crippen LogP contribution in [0.3, 0.4) is 0 Å². The third-order valence-corrected chi connectivity index (χ3v) is 2.87. The van der Waals surface area contributed by atoms with Crippen LogP contribution < -0.4 is 0 Å². The van der Waals surface area contributed by atoms with Crippen LogP contribution in [0.2, 0.25) is 0 Å². The average Bonchev–Trinajstić information content (AvgIpc) is 2.52. The molecule has 3 heteroatoms. The minimum Gasteiger partial charge on any atom is -0.253 e. The number of hydrogen-bond acceptors (Lipinski definition) is 2. The van der Waals surface area contributed by atoms with Crippen molar-refractivity contribution in [2.75, 3.05) is 5.33 Å². The average molecular weight is 232 g/mol. The van der Waals surface area contributed by atoms with Gasteiger partial charge in [-0.25, -0.2) is 0 Å². The summed E-state index contributed by atoms with van der Waals surface area (Å²) in [4.78, 5) is 5.24. The molecule has 0 aliphatic rings. The number of halogens is 1. The Kier molecular flexibility index (Phi) is 3.80. The standard InChI is InChI=1S/C8H10BrNS/c1-2-7(4-9)3-8-5-10-6-11-8/h3,5-6H,2,4H2,1H3. The molecule has 0 saturated heterocycles. The quantitative estimate of drug-likeness (QED) is 0.728. The van der Waals surface area contributed by atoms with Gasteiger partial charge >= 0.3 is 0 Å². The van der Waals surface area contributed by atoms with Crippen LogP contribution in [0.4, 0.5) is 0 Å². The van der Waals surface area contributed by atoms with E-state index in [1.54, 1.807) is 11.3 Å². The number of alkyl halides is 1. The first-order valence-electron chi connectivity index (χ1n) is 3.50. The molecule has 0 bridgehead atoms. The van der Waals surface area contributed by atoms with Crippen LogP contribution in [0, 0.1) is 0 Å². The smallest absolute Gasteiger partial charge is 0.0797 e. The Hall–Kier alpha value is -0.150. The molecule has 0 atom stereocenters. The molecule has 0 aliphatic heterocycles. The summed E-state index contributed by atoms with van der Waals surface area (Å²) in [5, 5.41) is 0.960. The fourth-order valence-electron chi connectivity index (χ4n) is 0.733. The maximum absolute atomic E-state index is 4.00. The summed E-state index contributed by atoms with van der Waals surface area (Å²) < 4.78 is 0. The zero-order valence-corrected chi connectivity index (χ0v) is 8.78. The lowest BCUT2D eigenvalue weighted by Crippen LogP contribution is -1.79. The Bertz CT molecular complexity index is 222. The fraction of sp³-hybridized carbons (Fsp3) is 0.375. The van der Waals surface area contributed by atoms with Gasteiger partial charge in [0.15, 0.2) is 0 Å². The van der Waals surface area contributed by atoms with E-state index in [9.17, 15) is 0 Å². The topological polar surface area (TPSA) is 12.9 Å². The third kappa shape index (κ3) is 2.75. The summed E-state index contributed by atoms with van der Waals surface area (Å²) in [6.45, 7) is 2.16. The SMILES string of the molecule is CCC(=Cc1cncs1)CBr. The van der Waals surface area contributed by atoms with Crippen molar-refractivity contribution < 1.29 is 0 Å². The first-order chi connectivity index (χ1) is 5.36. The molecule has 60 valence electrons. The van der Waals surface area contributed by atoms with Gasteiger partial charge in [-0.3, -0.25) is 4.98 Å². The highest BCUT2D eigenvalue weighted by molar-refractivity contribution is 9.09. The van der Waals surface area contributed by atoms with Crippen LogP contribution in [-0.4, -0.2) is 10.3 Å². The normalized spacial score (nSPS) is 12.0. The van der Waals surface area contributed by atoms with Crippen LogP contribution in [0.5, 0.6) is 0 Å². The summed E-state index contributed by atoms with van der Waals surface area (Å²) in [7, 11) is 0. The molecule has 0 spiro atoms. The molecule has 1 aromatic rings. The summed E-state index contributed by atoms with van der Waals surface area (Å²) >= 11 is 5.11. The van der Waals surface area contributed by atoms with E-state index in [4.69, 9.17) is 0 Å². The minimum absolute atomic E-state index is 0.960. The van der Waals surface area contributed by atoms with Gasteiger partial charge in [-0.15, -0.1) is 11.3 Å². The van der Waals surface area contributed by atoms with E-state index in [1.807, 2.05) is 11.7 Å². The van der Waals surface area contributed by atoms with Gasteiger partial charge in [0.1, 0.15) is 0 Å². The lowest BCUT2D eigenvalue weighted by atomic mass is 10.2. The van der Waals surface area contributed by atoms with Gasteiger partial charge in [-0.05, 0) is 12.5 Å². The van der Waals surface area contributed by atoms with Gasteiger partial charge in [0, 0.05) is 16.4 Å². The Labute approximate surface area is 79.3 Å². The van der Waals surface area contributed by atoms with Gasteiger partial charge in [0.25, 0.3) is 0 Å². The van der Waals surface area contributed by atoms with Crippen LogP contribution in [0.15, 0.2) is 17.3 Å². The zero-order valence-electron chi connectivity index (χ0n) is 6.38. The van der Waals surface area contributed by atoms with Crippen LogP contribution in [-0.2, 0) is 0 Å². The number of nitrogens with zero attached hydrogens (tertiary/aromatic N) is 1. The molecule has 0 fully saturated rings. The van der Waals surface area contributed by atoms with E-state index in [-0.39, 0.29) is 0 Å². The van der Waals surface area contributed by atoms with Crippen LogP contribution >= 0.6 is 27.3 Å². The highest BCUT2D eigenvalue weighted by Gasteiger charge is 1.93. The Morgan fingerprint density at radius 1 is 1.82 bits per heavy atom. The Morgan fingerprint density at radius 3 is 3.09 bits per heavy atom. The number of thiazole rings is 1. The summed E-state index contributed by atoms with van der Waals surface area (Å²) in [5.74, 6) is 0. The molecule has 0 aromatic carbocycles. The van der Waals surface area contributed by atoms with Gasteiger partial charge in [0.2, 0.25) is 0 Å². The van der Waals surface area contributed by atoms with Crippen molar-refractivity contribution in [1.82, 2.24) is 4.98 Å². The second-order valence-electron chi connectivity index (χ2n) is 2.19. The van der Waals surface area contributed by atoms with Crippen molar-refractivity contribution in [2.24, 2.45) is 0 Å². The summed E-state index contributed by atoms with van der Waals surface area (Å²) in [5.41, 5.74) is 3.27. The van der Waals surface area contributed by atoms with Gasteiger partial charge in [-0.2, -0.15) is 0 Å². The third-order valence-electron chi connectivity index (χ3n) is 1.42. The molecule has 0 amide bonds. The van der Waals surface area contributed by atoms with Gasteiger partial charge in [-0.1, -0.05) is 28.4 Å². The molecule has 1 heterocycles. The Morgan fingerprint density at radius 2 is 2.64 bits per heavy atom. The molecule has 1 nitrogen and oxygen atoms in total. The second-order valence-corrected chi connectivity index (χ2v) is 3.67. The van der Waals surface area contributed by atoms with E-state index in [0.717, 1.165) is 11.8 Å². The molecule has 11 heavy (non-hydrogen) atoms. The predicted octanol–water partition coefficient (Wildman–Crippen LogP) is 3.33. The molecule has 0 N–H and O–H groups in total. The lowest BCUT2D eigenvalue weighted by molar-refractivity contribution is 1.13. The Balaban J connectivity index is 2.71.